The van der Waals surface area contributed by atoms with E-state index in [1.807, 2.05) is 0 Å². The quantitative estimate of drug-likeness (QED) is 0.570. The van der Waals surface area contributed by atoms with E-state index in [9.17, 15) is 14.4 Å². The van der Waals surface area contributed by atoms with Crippen LogP contribution in [0.4, 0.5) is 0 Å². The van der Waals surface area contributed by atoms with Crippen molar-refractivity contribution in [2.45, 2.75) is 26.4 Å². The van der Waals surface area contributed by atoms with Crippen LogP contribution in [0.5, 0.6) is 0 Å². The van der Waals surface area contributed by atoms with Gasteiger partial charge in [0.1, 0.15) is 0 Å². The first-order valence-electron chi connectivity index (χ1n) is 5.88. The maximum atomic E-state index is 12.2. The fraction of sp³-hybridized carbons (Fsp3) is 0.357. The van der Waals surface area contributed by atoms with E-state index in [0.29, 0.717) is 5.56 Å². The minimum Gasteiger partial charge on any atom is -0.458 e. The molecule has 0 radical (unpaired) electrons. The predicted molar refractivity (Wildman–Crippen MR) is 79.9 cm³/mol. The third kappa shape index (κ3) is 4.29. The Labute approximate surface area is 130 Å². The molecule has 0 aliphatic rings. The summed E-state index contributed by atoms with van der Waals surface area (Å²) >= 11 is 2.13. The van der Waals surface area contributed by atoms with E-state index in [-0.39, 0.29) is 0 Å². The Bertz CT molecular complexity index is 523. The molecule has 0 aromatic heterocycles. The normalized spacial score (nSPS) is 13.2. The fourth-order valence-electron chi connectivity index (χ4n) is 1.64. The van der Waals surface area contributed by atoms with Crippen LogP contribution in [-0.2, 0) is 29.5 Å². The number of ketones is 1. The number of carbonyl (C=O) groups is 3. The maximum Gasteiger partial charge on any atom is 0.303 e. The van der Waals surface area contributed by atoms with Gasteiger partial charge in [-0.1, -0.05) is 12.1 Å². The number of halogens is 1. The highest BCUT2D eigenvalue weighted by Crippen LogP contribution is 2.27. The van der Waals surface area contributed by atoms with Gasteiger partial charge >= 0.3 is 11.9 Å². The summed E-state index contributed by atoms with van der Waals surface area (Å²) in [6.45, 7) is 3.49. The lowest BCUT2D eigenvalue weighted by Gasteiger charge is -2.28. The highest BCUT2D eigenvalue weighted by atomic mass is 127. The summed E-state index contributed by atoms with van der Waals surface area (Å²) in [6.07, 6.45) is 0. The van der Waals surface area contributed by atoms with Gasteiger partial charge in [0.25, 0.3) is 0 Å². The summed E-state index contributed by atoms with van der Waals surface area (Å²) < 4.78 is 10.9. The van der Waals surface area contributed by atoms with Crippen LogP contribution in [0.3, 0.4) is 0 Å². The largest absolute Gasteiger partial charge is 0.458 e. The molecule has 0 fully saturated rings. The molecule has 0 spiro atoms. The molecular weight excluding hydrogens is 375 g/mol. The van der Waals surface area contributed by atoms with Crippen LogP contribution < -0.4 is 0 Å². The zero-order chi connectivity index (χ0) is 15.3. The van der Waals surface area contributed by atoms with Gasteiger partial charge in [-0.15, -0.1) is 0 Å². The Balaban J connectivity index is 3.08. The molecule has 1 atom stereocenters. The lowest BCUT2D eigenvalue weighted by atomic mass is 9.91. The Morgan fingerprint density at radius 3 is 2.10 bits per heavy atom. The number of esters is 2. The van der Waals surface area contributed by atoms with Crippen molar-refractivity contribution in [3.8, 4) is 0 Å². The van der Waals surface area contributed by atoms with Crippen LogP contribution in [0.25, 0.3) is 0 Å². The molecule has 1 aromatic carbocycles. The molecule has 0 saturated heterocycles. The van der Waals surface area contributed by atoms with Crippen molar-refractivity contribution in [3.63, 3.8) is 0 Å². The Morgan fingerprint density at radius 1 is 1.10 bits per heavy atom. The average Bonchev–Trinajstić information content (AvgIpc) is 2.35. The van der Waals surface area contributed by atoms with Gasteiger partial charge in [-0.25, -0.2) is 0 Å². The first-order chi connectivity index (χ1) is 9.25. The number of benzene rings is 1. The van der Waals surface area contributed by atoms with Crippen molar-refractivity contribution < 1.29 is 23.9 Å². The molecular formula is C14H15IO5. The van der Waals surface area contributed by atoms with Crippen molar-refractivity contribution in [2.75, 3.05) is 6.61 Å². The standard InChI is InChI=1S/C14H15IO5/c1-9(16)19-8-13(18)14(3,20-10(2)17)11-4-6-12(15)7-5-11/h4-7H,8H2,1-3H3. The first-order valence-corrected chi connectivity index (χ1v) is 6.96. The molecule has 108 valence electrons. The van der Waals surface area contributed by atoms with Crippen molar-refractivity contribution in [2.24, 2.45) is 0 Å². The molecule has 0 aliphatic carbocycles. The zero-order valence-electron chi connectivity index (χ0n) is 11.4. The van der Waals surface area contributed by atoms with Crippen LogP contribution >= 0.6 is 22.6 Å². The topological polar surface area (TPSA) is 69.7 Å². The smallest absolute Gasteiger partial charge is 0.303 e. The molecule has 1 unspecified atom stereocenters. The number of Topliss-reactive ketones (excluding diaryl/α,β-unsaturated/α-hetero) is 1. The van der Waals surface area contributed by atoms with Crippen LogP contribution in [0.2, 0.25) is 0 Å². The summed E-state index contributed by atoms with van der Waals surface area (Å²) in [5, 5.41) is 0. The molecule has 0 N–H and O–H groups in total. The van der Waals surface area contributed by atoms with E-state index in [1.54, 1.807) is 24.3 Å². The Kier molecular flexibility index (Phi) is 5.67. The number of carbonyl (C=O) groups excluding carboxylic acids is 3. The predicted octanol–water partition coefficient (Wildman–Crippen LogP) is 2.20. The molecule has 0 aliphatic heterocycles. The summed E-state index contributed by atoms with van der Waals surface area (Å²) in [7, 11) is 0. The summed E-state index contributed by atoms with van der Waals surface area (Å²) in [4.78, 5) is 34.3. The average molecular weight is 390 g/mol. The molecule has 0 amide bonds. The third-order valence-corrected chi connectivity index (χ3v) is 3.40. The first kappa shape index (κ1) is 16.6. The number of hydrogen-bond donors (Lipinski definition) is 0. The molecule has 0 saturated carbocycles. The molecule has 0 bridgehead atoms. The van der Waals surface area contributed by atoms with E-state index in [2.05, 4.69) is 22.6 Å². The summed E-state index contributed by atoms with van der Waals surface area (Å²) in [5.74, 6) is -1.64. The maximum absolute atomic E-state index is 12.2. The van der Waals surface area contributed by atoms with Crippen molar-refractivity contribution in [3.05, 3.63) is 33.4 Å². The van der Waals surface area contributed by atoms with Gasteiger partial charge in [0.2, 0.25) is 5.78 Å². The van der Waals surface area contributed by atoms with E-state index in [1.165, 1.54) is 20.8 Å². The third-order valence-electron chi connectivity index (χ3n) is 2.68. The lowest BCUT2D eigenvalue weighted by Crippen LogP contribution is -2.40. The monoisotopic (exact) mass is 390 g/mol. The van der Waals surface area contributed by atoms with Gasteiger partial charge in [-0.05, 0) is 41.6 Å². The highest BCUT2D eigenvalue weighted by molar-refractivity contribution is 14.1. The second kappa shape index (κ2) is 6.83. The van der Waals surface area contributed by atoms with Gasteiger partial charge in [-0.3, -0.25) is 14.4 Å². The van der Waals surface area contributed by atoms with Gasteiger partial charge in [0, 0.05) is 23.0 Å². The van der Waals surface area contributed by atoms with Gasteiger partial charge in [0.15, 0.2) is 12.2 Å². The Morgan fingerprint density at radius 2 is 1.65 bits per heavy atom. The second-order valence-corrected chi connectivity index (χ2v) is 5.58. The van der Waals surface area contributed by atoms with Crippen LogP contribution in [0, 0.1) is 3.57 Å². The fourth-order valence-corrected chi connectivity index (χ4v) is 2.00. The minimum atomic E-state index is -1.47. The molecule has 1 aromatic rings. The highest BCUT2D eigenvalue weighted by Gasteiger charge is 2.38. The minimum absolute atomic E-state index is 0.439. The van der Waals surface area contributed by atoms with Gasteiger partial charge in [-0.2, -0.15) is 0 Å². The van der Waals surface area contributed by atoms with Gasteiger partial charge in [0.05, 0.1) is 0 Å². The van der Waals surface area contributed by atoms with Crippen LogP contribution in [0.15, 0.2) is 24.3 Å². The van der Waals surface area contributed by atoms with E-state index in [0.717, 1.165) is 3.57 Å². The van der Waals surface area contributed by atoms with Crippen molar-refractivity contribution in [1.82, 2.24) is 0 Å². The van der Waals surface area contributed by atoms with E-state index >= 15 is 0 Å². The van der Waals surface area contributed by atoms with E-state index < -0.39 is 29.9 Å². The van der Waals surface area contributed by atoms with Crippen molar-refractivity contribution in [1.29, 1.82) is 0 Å². The van der Waals surface area contributed by atoms with Gasteiger partial charge < -0.3 is 9.47 Å². The summed E-state index contributed by atoms with van der Waals surface area (Å²) in [6, 6.07) is 7.01. The molecule has 20 heavy (non-hydrogen) atoms. The molecule has 6 heteroatoms. The summed E-state index contributed by atoms with van der Waals surface area (Å²) in [5.41, 5.74) is -0.934. The molecule has 1 rings (SSSR count). The molecule has 5 nitrogen and oxygen atoms in total. The van der Waals surface area contributed by atoms with Crippen molar-refractivity contribution >= 4 is 40.3 Å². The van der Waals surface area contributed by atoms with Crippen LogP contribution in [-0.4, -0.2) is 24.3 Å². The second-order valence-electron chi connectivity index (χ2n) is 4.34. The Hall–Kier alpha value is -1.44. The molecule has 0 heterocycles. The van der Waals surface area contributed by atoms with E-state index in [4.69, 9.17) is 9.47 Å². The van der Waals surface area contributed by atoms with Crippen LogP contribution in [0.1, 0.15) is 26.3 Å². The lowest BCUT2D eigenvalue weighted by molar-refractivity contribution is -0.168. The number of hydrogen-bond acceptors (Lipinski definition) is 5. The zero-order valence-corrected chi connectivity index (χ0v) is 13.6. The SMILES string of the molecule is CC(=O)OCC(=O)C(C)(OC(C)=O)c1ccc(I)cc1. The number of ether oxygens (including phenoxy) is 2. The number of rotatable bonds is 5.